The van der Waals surface area contributed by atoms with E-state index in [4.69, 9.17) is 9.26 Å². The predicted molar refractivity (Wildman–Crippen MR) is 140 cm³/mol. The summed E-state index contributed by atoms with van der Waals surface area (Å²) in [5.41, 5.74) is 5.41. The Bertz CT molecular complexity index is 1450. The zero-order valence-corrected chi connectivity index (χ0v) is 22.2. The lowest BCUT2D eigenvalue weighted by Gasteiger charge is -2.38. The number of carbonyl (C=O) groups excluding carboxylic acids is 1. The van der Waals surface area contributed by atoms with Crippen LogP contribution in [0.5, 0.6) is 0 Å². The zero-order chi connectivity index (χ0) is 26.4. The monoisotopic (exact) mass is 503 g/mol. The molecule has 0 aliphatic carbocycles. The van der Waals surface area contributed by atoms with Crippen molar-refractivity contribution < 1.29 is 14.1 Å². The number of aryl methyl sites for hydroxylation is 1. The number of nitrogens with one attached hydrogen (secondary N) is 1. The van der Waals surface area contributed by atoms with E-state index >= 15 is 0 Å². The first-order chi connectivity index (χ1) is 17.5. The fourth-order valence-electron chi connectivity index (χ4n) is 4.46. The highest BCUT2D eigenvalue weighted by molar-refractivity contribution is 5.90. The molecule has 10 heteroatoms. The Labute approximate surface area is 216 Å². The maximum atomic E-state index is 12.5. The molecule has 1 saturated heterocycles. The first-order valence-electron chi connectivity index (χ1n) is 12.4. The summed E-state index contributed by atoms with van der Waals surface area (Å²) < 4.78 is 13.0. The van der Waals surface area contributed by atoms with Crippen molar-refractivity contribution >= 4 is 17.1 Å². The van der Waals surface area contributed by atoms with Gasteiger partial charge in [0.2, 0.25) is 5.89 Å². The van der Waals surface area contributed by atoms with Crippen LogP contribution in [0.1, 0.15) is 62.3 Å². The molecular weight excluding hydrogens is 470 g/mol. The average molecular weight is 504 g/mol. The number of morpholine rings is 1. The molecule has 0 bridgehead atoms. The summed E-state index contributed by atoms with van der Waals surface area (Å²) in [6.07, 6.45) is 3.62. The number of amides is 1. The molecule has 0 atom stereocenters. The summed E-state index contributed by atoms with van der Waals surface area (Å²) in [6, 6.07) is 8.25. The van der Waals surface area contributed by atoms with E-state index in [0.717, 1.165) is 46.7 Å². The minimum atomic E-state index is -0.368. The summed E-state index contributed by atoms with van der Waals surface area (Å²) >= 11 is 0. The Hall–Kier alpha value is -3.79. The van der Waals surface area contributed by atoms with Crippen LogP contribution in [0, 0.1) is 6.92 Å². The Morgan fingerprint density at radius 3 is 2.73 bits per heavy atom. The second-order valence-electron chi connectivity index (χ2n) is 11.2. The summed E-state index contributed by atoms with van der Waals surface area (Å²) in [4.78, 5) is 23.7. The highest BCUT2D eigenvalue weighted by Gasteiger charge is 2.28. The third kappa shape index (κ3) is 5.20. The van der Waals surface area contributed by atoms with Gasteiger partial charge in [-0.15, -0.1) is 0 Å². The number of aromatic nitrogens is 5. The van der Waals surface area contributed by atoms with Crippen molar-refractivity contribution in [2.45, 2.75) is 59.1 Å². The van der Waals surface area contributed by atoms with Crippen LogP contribution in [0.3, 0.4) is 0 Å². The van der Waals surface area contributed by atoms with Crippen molar-refractivity contribution in [3.05, 3.63) is 59.6 Å². The molecule has 3 aromatic heterocycles. The maximum Gasteiger partial charge on any atom is 0.292 e. The van der Waals surface area contributed by atoms with Gasteiger partial charge in [0.25, 0.3) is 11.7 Å². The van der Waals surface area contributed by atoms with Gasteiger partial charge in [-0.25, -0.2) is 9.50 Å². The number of carbonyl (C=O) groups is 1. The van der Waals surface area contributed by atoms with Crippen molar-refractivity contribution in [3.8, 4) is 11.3 Å². The van der Waals surface area contributed by atoms with E-state index in [0.29, 0.717) is 19.0 Å². The van der Waals surface area contributed by atoms with E-state index in [-0.39, 0.29) is 22.7 Å². The van der Waals surface area contributed by atoms with Crippen LogP contribution >= 0.6 is 0 Å². The van der Waals surface area contributed by atoms with E-state index in [1.165, 1.54) is 0 Å². The van der Waals surface area contributed by atoms with Crippen molar-refractivity contribution in [1.82, 2.24) is 30.1 Å². The van der Waals surface area contributed by atoms with Crippen molar-refractivity contribution in [1.29, 1.82) is 0 Å². The van der Waals surface area contributed by atoms with E-state index in [1.54, 1.807) is 6.33 Å². The Kier molecular flexibility index (Phi) is 6.23. The van der Waals surface area contributed by atoms with Crippen molar-refractivity contribution in [3.63, 3.8) is 0 Å². The first-order valence-corrected chi connectivity index (χ1v) is 12.4. The van der Waals surface area contributed by atoms with E-state index in [1.807, 2.05) is 50.5 Å². The third-order valence-electron chi connectivity index (χ3n) is 6.51. The quantitative estimate of drug-likeness (QED) is 0.436. The number of rotatable bonds is 5. The molecular formula is C27H33N7O3. The van der Waals surface area contributed by atoms with E-state index < -0.39 is 0 Å². The zero-order valence-electron chi connectivity index (χ0n) is 22.2. The molecule has 194 valence electrons. The fraction of sp³-hybridized carbons (Fsp3) is 0.444. The predicted octanol–water partition coefficient (Wildman–Crippen LogP) is 3.93. The number of nitrogens with zero attached hydrogens (tertiary/aromatic N) is 6. The van der Waals surface area contributed by atoms with Gasteiger partial charge in [-0.3, -0.25) is 4.79 Å². The minimum Gasteiger partial charge on any atom is -0.372 e. The van der Waals surface area contributed by atoms with Crippen LogP contribution in [0.2, 0.25) is 0 Å². The molecule has 1 amide bonds. The lowest BCUT2D eigenvalue weighted by Crippen LogP contribution is -2.48. The molecule has 0 unspecified atom stereocenters. The van der Waals surface area contributed by atoms with Crippen molar-refractivity contribution in [2.75, 3.05) is 24.6 Å². The van der Waals surface area contributed by atoms with Gasteiger partial charge in [-0.1, -0.05) is 38.1 Å². The molecule has 0 radical (unpaired) electrons. The summed E-state index contributed by atoms with van der Waals surface area (Å²) in [5.74, 6) is 0.0997. The second-order valence-corrected chi connectivity index (χ2v) is 11.2. The Morgan fingerprint density at radius 1 is 1.22 bits per heavy atom. The maximum absolute atomic E-state index is 12.5. The summed E-state index contributed by atoms with van der Waals surface area (Å²) in [6.45, 7) is 14.8. The summed E-state index contributed by atoms with van der Waals surface area (Å²) in [7, 11) is 0. The number of hydrogen-bond donors (Lipinski definition) is 1. The standard InChI is InChI=1S/C27H33N7O3/c1-17-11-18(7-8-19(17)13-28-24(35)23-31-25(37-32-23)26(2,3)4)22-21-12-20(14-34(21)30-16-29-22)33-9-10-36-27(5,6)15-33/h7-8,11-12,14,16H,9-10,13,15H2,1-6H3,(H,28,35). The Balaban J connectivity index is 1.33. The van der Waals surface area contributed by atoms with Gasteiger partial charge in [-0.2, -0.15) is 10.1 Å². The molecule has 37 heavy (non-hydrogen) atoms. The van der Waals surface area contributed by atoms with Crippen molar-refractivity contribution in [2.24, 2.45) is 0 Å². The lowest BCUT2D eigenvalue weighted by molar-refractivity contribution is -0.0276. The number of hydrogen-bond acceptors (Lipinski definition) is 8. The van der Waals surface area contributed by atoms with Crippen LogP contribution in [0.25, 0.3) is 16.8 Å². The van der Waals surface area contributed by atoms with Gasteiger partial charge < -0.3 is 19.5 Å². The molecule has 4 heterocycles. The van der Waals surface area contributed by atoms with Gasteiger partial charge in [0.15, 0.2) is 0 Å². The molecule has 1 N–H and O–H groups in total. The van der Waals surface area contributed by atoms with Crippen LogP contribution < -0.4 is 10.2 Å². The molecule has 1 aromatic carbocycles. The summed E-state index contributed by atoms with van der Waals surface area (Å²) in [5, 5.41) is 11.1. The van der Waals surface area contributed by atoms with E-state index in [9.17, 15) is 4.79 Å². The van der Waals surface area contributed by atoms with Gasteiger partial charge in [0.1, 0.15) is 6.33 Å². The lowest BCUT2D eigenvalue weighted by atomic mass is 9.97. The van der Waals surface area contributed by atoms with Gasteiger partial charge >= 0.3 is 0 Å². The average Bonchev–Trinajstić information content (AvgIpc) is 3.50. The van der Waals surface area contributed by atoms with Crippen LogP contribution in [0.15, 0.2) is 41.3 Å². The topological polar surface area (TPSA) is 111 Å². The first kappa shape index (κ1) is 24.9. The van der Waals surface area contributed by atoms with Gasteiger partial charge in [0, 0.05) is 30.6 Å². The smallest absolute Gasteiger partial charge is 0.292 e. The van der Waals surface area contributed by atoms with Gasteiger partial charge in [-0.05, 0) is 44.0 Å². The molecule has 0 saturated carbocycles. The largest absolute Gasteiger partial charge is 0.372 e. The van der Waals surface area contributed by atoms with Crippen LogP contribution in [-0.2, 0) is 16.7 Å². The molecule has 4 aromatic rings. The molecule has 1 aliphatic heterocycles. The minimum absolute atomic E-state index is 0.0373. The van der Waals surface area contributed by atoms with Crippen LogP contribution in [0.4, 0.5) is 5.69 Å². The highest BCUT2D eigenvalue weighted by Crippen LogP contribution is 2.30. The normalized spacial score (nSPS) is 15.8. The SMILES string of the molecule is Cc1cc(-c2ncnn3cc(N4CCOC(C)(C)C4)cc23)ccc1CNC(=O)c1noc(C(C)(C)C)n1. The number of anilines is 1. The molecule has 1 aliphatic rings. The second kappa shape index (κ2) is 9.26. The molecule has 5 rings (SSSR count). The highest BCUT2D eigenvalue weighted by atomic mass is 16.5. The molecule has 10 nitrogen and oxygen atoms in total. The van der Waals surface area contributed by atoms with Gasteiger partial charge in [0.05, 0.1) is 35.3 Å². The number of ether oxygens (including phenoxy) is 1. The number of fused-ring (bicyclic) bond motifs is 1. The molecule has 0 spiro atoms. The number of benzene rings is 1. The molecule has 1 fully saturated rings. The van der Waals surface area contributed by atoms with E-state index in [2.05, 4.69) is 56.4 Å². The van der Waals surface area contributed by atoms with Crippen LogP contribution in [-0.4, -0.2) is 55.9 Å². The third-order valence-corrected chi connectivity index (χ3v) is 6.51. The Morgan fingerprint density at radius 2 is 2.03 bits per heavy atom. The fourth-order valence-corrected chi connectivity index (χ4v) is 4.46.